The molecule has 1 aromatic heterocycles. The highest BCUT2D eigenvalue weighted by Crippen LogP contribution is 2.21. The molecule has 0 saturated heterocycles. The lowest BCUT2D eigenvalue weighted by molar-refractivity contribution is 0.282. The highest BCUT2D eigenvalue weighted by atomic mass is 16.5. The Kier molecular flexibility index (Phi) is 4.89. The van der Waals surface area contributed by atoms with Gasteiger partial charge < -0.3 is 15.2 Å². The summed E-state index contributed by atoms with van der Waals surface area (Å²) in [7, 11) is 1.54. The maximum absolute atomic E-state index is 5.65. The SMILES string of the molecule is COc1nc(OCCCC(C)C)ccc1N. The van der Waals surface area contributed by atoms with Gasteiger partial charge >= 0.3 is 0 Å². The molecule has 16 heavy (non-hydrogen) atoms. The number of nitrogen functional groups attached to an aromatic ring is 1. The fourth-order valence-electron chi connectivity index (χ4n) is 1.35. The van der Waals surface area contributed by atoms with E-state index in [2.05, 4.69) is 18.8 Å². The molecule has 1 rings (SSSR count). The third-order valence-electron chi connectivity index (χ3n) is 2.23. The zero-order valence-electron chi connectivity index (χ0n) is 10.2. The van der Waals surface area contributed by atoms with Crippen molar-refractivity contribution in [1.82, 2.24) is 4.98 Å². The predicted octanol–water partition coefficient (Wildman–Crippen LogP) is 2.49. The summed E-state index contributed by atoms with van der Waals surface area (Å²) in [4.78, 5) is 4.14. The fourth-order valence-corrected chi connectivity index (χ4v) is 1.35. The normalized spacial score (nSPS) is 10.5. The molecule has 0 radical (unpaired) electrons. The Hall–Kier alpha value is -1.45. The van der Waals surface area contributed by atoms with Gasteiger partial charge in [0.05, 0.1) is 19.4 Å². The van der Waals surface area contributed by atoms with Crippen molar-refractivity contribution in [2.75, 3.05) is 19.5 Å². The summed E-state index contributed by atoms with van der Waals surface area (Å²) < 4.78 is 10.5. The molecule has 0 aromatic carbocycles. The average Bonchev–Trinajstić information content (AvgIpc) is 2.26. The van der Waals surface area contributed by atoms with Crippen molar-refractivity contribution in [2.45, 2.75) is 26.7 Å². The van der Waals surface area contributed by atoms with E-state index in [1.54, 1.807) is 19.2 Å². The Morgan fingerprint density at radius 2 is 2.12 bits per heavy atom. The number of pyridine rings is 1. The maximum Gasteiger partial charge on any atom is 0.240 e. The minimum absolute atomic E-state index is 0.418. The maximum atomic E-state index is 5.65. The Morgan fingerprint density at radius 3 is 2.75 bits per heavy atom. The van der Waals surface area contributed by atoms with Crippen molar-refractivity contribution >= 4 is 5.69 Å². The summed E-state index contributed by atoms with van der Waals surface area (Å²) in [5.41, 5.74) is 6.18. The van der Waals surface area contributed by atoms with Crippen LogP contribution in [0.15, 0.2) is 12.1 Å². The molecule has 0 spiro atoms. The monoisotopic (exact) mass is 224 g/mol. The van der Waals surface area contributed by atoms with Gasteiger partial charge in [0, 0.05) is 6.07 Å². The van der Waals surface area contributed by atoms with Crippen molar-refractivity contribution in [2.24, 2.45) is 5.92 Å². The Labute approximate surface area is 96.8 Å². The molecule has 0 aliphatic rings. The highest BCUT2D eigenvalue weighted by molar-refractivity contribution is 5.49. The van der Waals surface area contributed by atoms with Crippen LogP contribution in [0.1, 0.15) is 26.7 Å². The highest BCUT2D eigenvalue weighted by Gasteiger charge is 2.03. The molecule has 4 nitrogen and oxygen atoms in total. The molecule has 90 valence electrons. The molecule has 0 atom stereocenters. The lowest BCUT2D eigenvalue weighted by Gasteiger charge is -2.08. The van der Waals surface area contributed by atoms with Crippen molar-refractivity contribution in [3.8, 4) is 11.8 Å². The van der Waals surface area contributed by atoms with Crippen LogP contribution in [0.2, 0.25) is 0 Å². The zero-order chi connectivity index (χ0) is 12.0. The number of methoxy groups -OCH3 is 1. The molecule has 0 bridgehead atoms. The van der Waals surface area contributed by atoms with Crippen LogP contribution in [0, 0.1) is 5.92 Å². The Bertz CT molecular complexity index is 327. The molecular weight excluding hydrogens is 204 g/mol. The summed E-state index contributed by atoms with van der Waals surface area (Å²) in [5, 5.41) is 0. The van der Waals surface area contributed by atoms with Crippen LogP contribution < -0.4 is 15.2 Å². The van der Waals surface area contributed by atoms with E-state index in [0.717, 1.165) is 12.8 Å². The minimum atomic E-state index is 0.418. The van der Waals surface area contributed by atoms with Gasteiger partial charge in [0.15, 0.2) is 0 Å². The van der Waals surface area contributed by atoms with E-state index in [1.165, 1.54) is 0 Å². The fraction of sp³-hybridized carbons (Fsp3) is 0.583. The van der Waals surface area contributed by atoms with Gasteiger partial charge in [-0.05, 0) is 24.8 Å². The van der Waals surface area contributed by atoms with Gasteiger partial charge in [-0.25, -0.2) is 0 Å². The van der Waals surface area contributed by atoms with E-state index in [0.29, 0.717) is 30.0 Å². The van der Waals surface area contributed by atoms with Crippen molar-refractivity contribution in [3.63, 3.8) is 0 Å². The van der Waals surface area contributed by atoms with Gasteiger partial charge in [-0.3, -0.25) is 0 Å². The number of hydrogen-bond acceptors (Lipinski definition) is 4. The van der Waals surface area contributed by atoms with E-state index in [1.807, 2.05) is 0 Å². The van der Waals surface area contributed by atoms with Gasteiger partial charge in [-0.1, -0.05) is 13.8 Å². The molecule has 1 heterocycles. The van der Waals surface area contributed by atoms with E-state index in [-0.39, 0.29) is 0 Å². The molecule has 0 saturated carbocycles. The summed E-state index contributed by atoms with van der Waals surface area (Å²) in [6.45, 7) is 5.08. The number of nitrogens with two attached hydrogens (primary N) is 1. The third-order valence-corrected chi connectivity index (χ3v) is 2.23. The molecule has 0 aliphatic heterocycles. The minimum Gasteiger partial charge on any atom is -0.479 e. The van der Waals surface area contributed by atoms with Crippen LogP contribution in [-0.2, 0) is 0 Å². The van der Waals surface area contributed by atoms with Crippen LogP contribution in [0.3, 0.4) is 0 Å². The number of hydrogen-bond donors (Lipinski definition) is 1. The number of rotatable bonds is 6. The first-order valence-electron chi connectivity index (χ1n) is 5.56. The Morgan fingerprint density at radius 1 is 1.38 bits per heavy atom. The number of anilines is 1. The first-order valence-corrected chi connectivity index (χ1v) is 5.56. The van der Waals surface area contributed by atoms with E-state index in [9.17, 15) is 0 Å². The second kappa shape index (κ2) is 6.20. The molecular formula is C12H20N2O2. The largest absolute Gasteiger partial charge is 0.479 e. The van der Waals surface area contributed by atoms with Crippen LogP contribution in [0.4, 0.5) is 5.69 Å². The van der Waals surface area contributed by atoms with Crippen molar-refractivity contribution in [1.29, 1.82) is 0 Å². The van der Waals surface area contributed by atoms with Crippen LogP contribution in [0.25, 0.3) is 0 Å². The van der Waals surface area contributed by atoms with Crippen LogP contribution in [0.5, 0.6) is 11.8 Å². The lowest BCUT2D eigenvalue weighted by atomic mass is 10.1. The topological polar surface area (TPSA) is 57.4 Å². The first kappa shape index (κ1) is 12.6. The molecule has 4 heteroatoms. The van der Waals surface area contributed by atoms with Crippen molar-refractivity contribution in [3.05, 3.63) is 12.1 Å². The van der Waals surface area contributed by atoms with Crippen LogP contribution >= 0.6 is 0 Å². The van der Waals surface area contributed by atoms with Gasteiger partial charge in [0.1, 0.15) is 0 Å². The Balaban J connectivity index is 2.42. The standard InChI is InChI=1S/C12H20N2O2/c1-9(2)5-4-8-16-11-7-6-10(13)12(14-11)15-3/h6-7,9H,4-5,8,13H2,1-3H3. The number of aromatic nitrogens is 1. The third kappa shape index (κ3) is 3.96. The summed E-state index contributed by atoms with van der Waals surface area (Å²) in [5.74, 6) is 1.69. The van der Waals surface area contributed by atoms with Crippen LogP contribution in [-0.4, -0.2) is 18.7 Å². The van der Waals surface area contributed by atoms with Gasteiger partial charge in [0.25, 0.3) is 0 Å². The molecule has 0 unspecified atom stereocenters. The number of ether oxygens (including phenoxy) is 2. The summed E-state index contributed by atoms with van der Waals surface area (Å²) in [6, 6.07) is 3.50. The second-order valence-corrected chi connectivity index (χ2v) is 4.13. The predicted molar refractivity (Wildman–Crippen MR) is 64.8 cm³/mol. The molecule has 0 amide bonds. The average molecular weight is 224 g/mol. The molecule has 1 aromatic rings. The van der Waals surface area contributed by atoms with E-state index < -0.39 is 0 Å². The molecule has 0 fully saturated rings. The van der Waals surface area contributed by atoms with Gasteiger partial charge in [-0.2, -0.15) is 4.98 Å². The van der Waals surface area contributed by atoms with Crippen molar-refractivity contribution < 1.29 is 9.47 Å². The first-order chi connectivity index (χ1) is 7.63. The molecule has 0 aliphatic carbocycles. The van der Waals surface area contributed by atoms with E-state index >= 15 is 0 Å². The lowest BCUT2D eigenvalue weighted by Crippen LogP contribution is -2.02. The summed E-state index contributed by atoms with van der Waals surface area (Å²) in [6.07, 6.45) is 2.19. The van der Waals surface area contributed by atoms with Gasteiger partial charge in [0.2, 0.25) is 11.8 Å². The quantitative estimate of drug-likeness (QED) is 0.754. The summed E-state index contributed by atoms with van der Waals surface area (Å²) >= 11 is 0. The van der Waals surface area contributed by atoms with Gasteiger partial charge in [-0.15, -0.1) is 0 Å². The number of nitrogens with zero attached hydrogens (tertiary/aromatic N) is 1. The zero-order valence-corrected chi connectivity index (χ0v) is 10.2. The molecule has 2 N–H and O–H groups in total. The van der Waals surface area contributed by atoms with E-state index in [4.69, 9.17) is 15.2 Å². The second-order valence-electron chi connectivity index (χ2n) is 4.13. The smallest absolute Gasteiger partial charge is 0.240 e.